The van der Waals surface area contributed by atoms with Gasteiger partial charge in [-0.15, -0.1) is 0 Å². The van der Waals surface area contributed by atoms with Crippen molar-refractivity contribution in [1.82, 2.24) is 0 Å². The maximum Gasteiger partial charge on any atom is 0.339 e. The lowest BCUT2D eigenvalue weighted by Crippen LogP contribution is -2.40. The Kier molecular flexibility index (Phi) is 6.27. The van der Waals surface area contributed by atoms with Gasteiger partial charge in [0.15, 0.2) is 0 Å². The van der Waals surface area contributed by atoms with Gasteiger partial charge in [-0.25, -0.2) is 9.59 Å². The third kappa shape index (κ3) is 4.35. The molecule has 6 nitrogen and oxygen atoms in total. The summed E-state index contributed by atoms with van der Waals surface area (Å²) in [4.78, 5) is 24.9. The molecule has 0 spiro atoms. The largest absolute Gasteiger partial charge is 0.496 e. The Morgan fingerprint density at radius 3 is 1.36 bits per heavy atom. The van der Waals surface area contributed by atoms with Crippen molar-refractivity contribution in [3.8, 4) is 11.5 Å². The number of rotatable bonds is 6. The summed E-state index contributed by atoms with van der Waals surface area (Å²) in [5.74, 6) is 1.34. The molecule has 2 aromatic carbocycles. The van der Waals surface area contributed by atoms with Crippen LogP contribution in [0.3, 0.4) is 0 Å². The van der Waals surface area contributed by atoms with E-state index < -0.39 is 11.3 Å². The second-order valence-electron chi connectivity index (χ2n) is 9.37. The molecule has 0 amide bonds. The van der Waals surface area contributed by atoms with Crippen LogP contribution in [0.25, 0.3) is 0 Å². The Labute approximate surface area is 209 Å². The van der Waals surface area contributed by atoms with Crippen LogP contribution < -0.4 is 20.7 Å². The molecule has 0 atom stereocenters. The molecule has 184 valence electrons. The van der Waals surface area contributed by atoms with Crippen LogP contribution in [-0.2, 0) is 0 Å². The Balaban J connectivity index is 1.76. The molecule has 2 aromatic heterocycles. The third-order valence-corrected chi connectivity index (χ3v) is 7.06. The lowest BCUT2D eigenvalue weighted by molar-refractivity contribution is 0.167. The highest BCUT2D eigenvalue weighted by molar-refractivity contribution is 5.47. The van der Waals surface area contributed by atoms with Crippen LogP contribution in [0.2, 0.25) is 0 Å². The normalized spacial score (nSPS) is 21.0. The zero-order valence-corrected chi connectivity index (χ0v) is 20.7. The minimum Gasteiger partial charge on any atom is -0.496 e. The molecule has 0 unspecified atom stereocenters. The van der Waals surface area contributed by atoms with Gasteiger partial charge in [0, 0.05) is 35.8 Å². The van der Waals surface area contributed by atoms with Gasteiger partial charge in [-0.05, 0) is 25.0 Å². The molecular weight excluding hydrogens is 456 g/mol. The molecule has 1 aliphatic carbocycles. The standard InChI is InChI=1S/C30H28O6/c1-17-7-5-9-19(11-17)27-29(23-13-21(33-3)15-25(31)35-23)28(20-10-6-8-18(2)12-20)30(27)24-14-22(34-4)16-26(32)36-24/h5-16,27-30H,1-4H3. The van der Waals surface area contributed by atoms with E-state index in [1.165, 1.54) is 26.4 Å². The zero-order valence-electron chi connectivity index (χ0n) is 20.7. The quantitative estimate of drug-likeness (QED) is 0.351. The molecule has 6 heteroatoms. The highest BCUT2D eigenvalue weighted by Crippen LogP contribution is 2.66. The van der Waals surface area contributed by atoms with Crippen molar-refractivity contribution in [3.05, 3.63) is 127 Å². The van der Waals surface area contributed by atoms with Crippen LogP contribution in [0, 0.1) is 13.8 Å². The molecule has 1 aliphatic rings. The number of hydrogen-bond acceptors (Lipinski definition) is 6. The molecule has 1 fully saturated rings. The van der Waals surface area contributed by atoms with E-state index in [1.807, 2.05) is 38.1 Å². The second-order valence-corrected chi connectivity index (χ2v) is 9.37. The smallest absolute Gasteiger partial charge is 0.339 e. The molecule has 36 heavy (non-hydrogen) atoms. The van der Waals surface area contributed by atoms with Crippen molar-refractivity contribution in [2.24, 2.45) is 0 Å². The fourth-order valence-corrected chi connectivity index (χ4v) is 5.55. The molecule has 0 radical (unpaired) electrons. The first kappa shape index (κ1) is 23.7. The summed E-state index contributed by atoms with van der Waals surface area (Å²) in [6.45, 7) is 4.09. The first-order chi connectivity index (χ1) is 17.4. The number of ether oxygens (including phenoxy) is 2. The predicted molar refractivity (Wildman–Crippen MR) is 136 cm³/mol. The Hall–Kier alpha value is -4.06. The summed E-state index contributed by atoms with van der Waals surface area (Å²) in [5.41, 5.74) is 3.44. The van der Waals surface area contributed by atoms with E-state index in [1.54, 1.807) is 12.1 Å². The fourth-order valence-electron chi connectivity index (χ4n) is 5.55. The van der Waals surface area contributed by atoms with Crippen molar-refractivity contribution in [3.63, 3.8) is 0 Å². The molecule has 4 aromatic rings. The van der Waals surface area contributed by atoms with Crippen molar-refractivity contribution < 1.29 is 18.3 Å². The van der Waals surface area contributed by atoms with Gasteiger partial charge in [-0.2, -0.15) is 0 Å². The van der Waals surface area contributed by atoms with Crippen molar-refractivity contribution in [2.75, 3.05) is 14.2 Å². The maximum atomic E-state index is 12.5. The highest BCUT2D eigenvalue weighted by Gasteiger charge is 2.55. The summed E-state index contributed by atoms with van der Waals surface area (Å²) in [6, 6.07) is 22.8. The van der Waals surface area contributed by atoms with E-state index in [4.69, 9.17) is 18.3 Å². The van der Waals surface area contributed by atoms with Crippen molar-refractivity contribution in [1.29, 1.82) is 0 Å². The van der Waals surface area contributed by atoms with Gasteiger partial charge in [0.25, 0.3) is 0 Å². The summed E-state index contributed by atoms with van der Waals surface area (Å²) in [6.07, 6.45) is 0. The van der Waals surface area contributed by atoms with E-state index in [-0.39, 0.29) is 23.7 Å². The first-order valence-electron chi connectivity index (χ1n) is 11.9. The lowest BCUT2D eigenvalue weighted by Gasteiger charge is -2.51. The maximum absolute atomic E-state index is 12.5. The summed E-state index contributed by atoms with van der Waals surface area (Å²) in [5, 5.41) is 0. The molecule has 5 rings (SSSR count). The van der Waals surface area contributed by atoms with E-state index in [9.17, 15) is 9.59 Å². The van der Waals surface area contributed by atoms with Crippen molar-refractivity contribution >= 4 is 0 Å². The van der Waals surface area contributed by atoms with Crippen LogP contribution in [0.1, 0.15) is 57.4 Å². The number of benzene rings is 2. The monoisotopic (exact) mass is 484 g/mol. The van der Waals surface area contributed by atoms with Gasteiger partial charge in [0.2, 0.25) is 0 Å². The highest BCUT2D eigenvalue weighted by atomic mass is 16.5. The van der Waals surface area contributed by atoms with E-state index in [0.717, 1.165) is 22.3 Å². The molecule has 0 bridgehead atoms. The SMILES string of the molecule is COc1cc(C2C(c3cccc(C)c3)C(c3cc(OC)cc(=O)o3)C2c2cccc(C)c2)oc(=O)c1. The molecular formula is C30H28O6. The van der Waals surface area contributed by atoms with Crippen molar-refractivity contribution in [2.45, 2.75) is 37.5 Å². The topological polar surface area (TPSA) is 78.9 Å². The molecule has 0 N–H and O–H groups in total. The van der Waals surface area contributed by atoms with E-state index in [2.05, 4.69) is 24.3 Å². The minimum atomic E-state index is -0.466. The van der Waals surface area contributed by atoms with Crippen LogP contribution in [0.4, 0.5) is 0 Å². The van der Waals surface area contributed by atoms with Gasteiger partial charge in [0.1, 0.15) is 23.0 Å². The van der Waals surface area contributed by atoms with Gasteiger partial charge >= 0.3 is 11.3 Å². The summed E-state index contributed by atoms with van der Waals surface area (Å²) in [7, 11) is 3.06. The first-order valence-corrected chi connectivity index (χ1v) is 11.9. The van der Waals surface area contributed by atoms with Gasteiger partial charge in [-0.3, -0.25) is 0 Å². The van der Waals surface area contributed by atoms with Gasteiger partial charge < -0.3 is 18.3 Å². The minimum absolute atomic E-state index is 0.124. The zero-order chi connectivity index (χ0) is 25.4. The van der Waals surface area contributed by atoms with Crippen LogP contribution in [0.15, 0.2) is 91.2 Å². The van der Waals surface area contributed by atoms with E-state index >= 15 is 0 Å². The Morgan fingerprint density at radius 2 is 1.00 bits per heavy atom. The lowest BCUT2D eigenvalue weighted by atomic mass is 9.51. The Morgan fingerprint density at radius 1 is 0.583 bits per heavy atom. The molecule has 0 saturated heterocycles. The molecule has 1 saturated carbocycles. The third-order valence-electron chi connectivity index (χ3n) is 7.06. The fraction of sp³-hybridized carbons (Fsp3) is 0.267. The van der Waals surface area contributed by atoms with Gasteiger partial charge in [-0.1, -0.05) is 59.7 Å². The Bertz CT molecular complexity index is 1390. The number of hydrogen-bond donors (Lipinski definition) is 0. The van der Waals surface area contributed by atoms with Gasteiger partial charge in [0.05, 0.1) is 26.4 Å². The number of methoxy groups -OCH3 is 2. The van der Waals surface area contributed by atoms with Crippen LogP contribution in [-0.4, -0.2) is 14.2 Å². The number of aryl methyl sites for hydroxylation is 2. The summed E-state index contributed by atoms with van der Waals surface area (Å²) >= 11 is 0. The van der Waals surface area contributed by atoms with E-state index in [0.29, 0.717) is 23.0 Å². The predicted octanol–water partition coefficient (Wildman–Crippen LogP) is 5.68. The summed E-state index contributed by atoms with van der Waals surface area (Å²) < 4.78 is 22.4. The molecule has 2 heterocycles. The average Bonchev–Trinajstić information content (AvgIpc) is 2.83. The molecule has 0 aliphatic heterocycles. The van der Waals surface area contributed by atoms with Crippen LogP contribution >= 0.6 is 0 Å². The average molecular weight is 485 g/mol. The second kappa shape index (κ2) is 9.53. The van der Waals surface area contributed by atoms with Crippen LogP contribution in [0.5, 0.6) is 11.5 Å².